The highest BCUT2D eigenvalue weighted by Crippen LogP contribution is 2.24. The predicted molar refractivity (Wildman–Crippen MR) is 67.0 cm³/mol. The number of likely N-dealkylation sites (N-methyl/N-ethyl adjacent to an activating group) is 1. The van der Waals surface area contributed by atoms with Crippen molar-refractivity contribution >= 4 is 29.6 Å². The number of rotatable bonds is 2. The normalized spacial score (nSPS) is 17.4. The molecule has 1 fully saturated rings. The van der Waals surface area contributed by atoms with E-state index in [1.165, 1.54) is 24.3 Å². The zero-order valence-corrected chi connectivity index (χ0v) is 10.4. The Balaban J connectivity index is 2.38. The molecule has 0 radical (unpaired) electrons. The highest BCUT2D eigenvalue weighted by molar-refractivity contribution is 6.30. The maximum atomic E-state index is 11.8. The number of benzene rings is 1. The SMILES string of the molecule is CCN1C(=O)N/C(=C/c2cc(Cl)ccc2O)C1=O. The van der Waals surface area contributed by atoms with Gasteiger partial charge in [-0.05, 0) is 31.2 Å². The number of halogens is 1. The molecule has 0 bridgehead atoms. The number of imide groups is 1. The molecule has 1 saturated heterocycles. The minimum absolute atomic E-state index is 0.0103. The molecular formula is C12H11ClN2O3. The molecule has 5 nitrogen and oxygen atoms in total. The number of hydrogen-bond acceptors (Lipinski definition) is 3. The van der Waals surface area contributed by atoms with Crippen molar-refractivity contribution in [2.75, 3.05) is 6.54 Å². The van der Waals surface area contributed by atoms with E-state index in [9.17, 15) is 14.7 Å². The van der Waals surface area contributed by atoms with Gasteiger partial charge in [0.05, 0.1) is 0 Å². The standard InChI is InChI=1S/C12H11ClN2O3/c1-2-15-11(17)9(14-12(15)18)6-7-5-8(13)3-4-10(7)16/h3-6,16H,2H2,1H3,(H,14,18)/b9-6+. The van der Waals surface area contributed by atoms with Crippen molar-refractivity contribution in [3.63, 3.8) is 0 Å². The van der Waals surface area contributed by atoms with Crippen molar-refractivity contribution in [3.05, 3.63) is 34.5 Å². The average Bonchev–Trinajstić information content (AvgIpc) is 2.59. The summed E-state index contributed by atoms with van der Waals surface area (Å²) >= 11 is 5.80. The lowest BCUT2D eigenvalue weighted by atomic mass is 10.1. The van der Waals surface area contributed by atoms with E-state index >= 15 is 0 Å². The minimum atomic E-state index is -0.463. The zero-order valence-electron chi connectivity index (χ0n) is 9.61. The Morgan fingerprint density at radius 1 is 1.44 bits per heavy atom. The van der Waals surface area contributed by atoms with Crippen molar-refractivity contribution in [2.45, 2.75) is 6.92 Å². The summed E-state index contributed by atoms with van der Waals surface area (Å²) in [6.45, 7) is 2.00. The predicted octanol–water partition coefficient (Wildman–Crippen LogP) is 1.96. The van der Waals surface area contributed by atoms with E-state index in [0.29, 0.717) is 17.1 Å². The third-order valence-corrected chi connectivity index (χ3v) is 2.80. The third kappa shape index (κ3) is 2.17. The highest BCUT2D eigenvalue weighted by atomic mass is 35.5. The lowest BCUT2D eigenvalue weighted by molar-refractivity contribution is -0.122. The molecule has 1 heterocycles. The van der Waals surface area contributed by atoms with Crippen LogP contribution in [0.3, 0.4) is 0 Å². The summed E-state index contributed by atoms with van der Waals surface area (Å²) in [5.74, 6) is -0.425. The van der Waals surface area contributed by atoms with Crippen molar-refractivity contribution in [1.82, 2.24) is 10.2 Å². The van der Waals surface area contributed by atoms with Crippen LogP contribution in [0.25, 0.3) is 6.08 Å². The van der Waals surface area contributed by atoms with Crippen molar-refractivity contribution < 1.29 is 14.7 Å². The Hall–Kier alpha value is -2.01. The molecule has 1 aromatic carbocycles. The summed E-state index contributed by atoms with van der Waals surface area (Å²) in [5.41, 5.74) is 0.503. The Labute approximate surface area is 109 Å². The lowest BCUT2D eigenvalue weighted by Crippen LogP contribution is -2.30. The summed E-state index contributed by atoms with van der Waals surface area (Å²) in [6, 6.07) is 4.01. The van der Waals surface area contributed by atoms with E-state index in [-0.39, 0.29) is 11.4 Å². The Morgan fingerprint density at radius 2 is 2.17 bits per heavy atom. The Bertz CT molecular complexity index is 554. The smallest absolute Gasteiger partial charge is 0.328 e. The summed E-state index contributed by atoms with van der Waals surface area (Å²) in [5, 5.41) is 12.5. The van der Waals surface area contributed by atoms with Gasteiger partial charge in [0.25, 0.3) is 5.91 Å². The fraction of sp³-hybridized carbons (Fsp3) is 0.167. The van der Waals surface area contributed by atoms with Crippen LogP contribution < -0.4 is 5.32 Å². The maximum Gasteiger partial charge on any atom is 0.328 e. The van der Waals surface area contributed by atoms with E-state index in [0.717, 1.165) is 4.90 Å². The largest absolute Gasteiger partial charge is 0.507 e. The van der Waals surface area contributed by atoms with E-state index in [4.69, 9.17) is 11.6 Å². The first kappa shape index (κ1) is 12.4. The van der Waals surface area contributed by atoms with Crippen LogP contribution in [0.1, 0.15) is 12.5 Å². The number of nitrogens with one attached hydrogen (secondary N) is 1. The number of carbonyl (C=O) groups excluding carboxylic acids is 2. The molecule has 6 heteroatoms. The topological polar surface area (TPSA) is 69.6 Å². The lowest BCUT2D eigenvalue weighted by Gasteiger charge is -2.06. The number of aromatic hydroxyl groups is 1. The van der Waals surface area contributed by atoms with E-state index < -0.39 is 11.9 Å². The van der Waals surface area contributed by atoms with Crippen LogP contribution in [0.5, 0.6) is 5.75 Å². The van der Waals surface area contributed by atoms with Gasteiger partial charge in [0.2, 0.25) is 0 Å². The number of phenolic OH excluding ortho intramolecular Hbond substituents is 1. The first-order chi connectivity index (χ1) is 8.52. The minimum Gasteiger partial charge on any atom is -0.507 e. The van der Waals surface area contributed by atoms with Crippen LogP contribution >= 0.6 is 11.6 Å². The van der Waals surface area contributed by atoms with Gasteiger partial charge in [-0.25, -0.2) is 4.79 Å². The molecule has 1 aliphatic heterocycles. The van der Waals surface area contributed by atoms with Crippen molar-refractivity contribution in [2.24, 2.45) is 0 Å². The molecule has 2 N–H and O–H groups in total. The van der Waals surface area contributed by atoms with Gasteiger partial charge in [-0.1, -0.05) is 11.6 Å². The third-order valence-electron chi connectivity index (χ3n) is 2.57. The second kappa shape index (κ2) is 4.70. The zero-order chi connectivity index (χ0) is 13.3. The van der Waals surface area contributed by atoms with Crippen molar-refractivity contribution in [1.29, 1.82) is 0 Å². The summed E-state index contributed by atoms with van der Waals surface area (Å²) in [4.78, 5) is 24.3. The maximum absolute atomic E-state index is 11.8. The fourth-order valence-electron chi connectivity index (χ4n) is 1.66. The first-order valence-corrected chi connectivity index (χ1v) is 5.73. The number of hydrogen-bond donors (Lipinski definition) is 2. The molecule has 0 aromatic heterocycles. The second-order valence-electron chi connectivity index (χ2n) is 3.74. The quantitative estimate of drug-likeness (QED) is 0.635. The molecule has 0 saturated carbocycles. The van der Waals surface area contributed by atoms with Gasteiger partial charge < -0.3 is 10.4 Å². The number of carbonyl (C=O) groups is 2. The van der Waals surface area contributed by atoms with Gasteiger partial charge in [0, 0.05) is 17.1 Å². The molecule has 0 atom stereocenters. The molecule has 0 spiro atoms. The van der Waals surface area contributed by atoms with Crippen molar-refractivity contribution in [3.8, 4) is 5.75 Å². The number of amides is 3. The second-order valence-corrected chi connectivity index (χ2v) is 4.18. The Morgan fingerprint density at radius 3 is 2.78 bits per heavy atom. The molecular weight excluding hydrogens is 256 g/mol. The number of nitrogens with zero attached hydrogens (tertiary/aromatic N) is 1. The highest BCUT2D eigenvalue weighted by Gasteiger charge is 2.32. The number of urea groups is 1. The van der Waals surface area contributed by atoms with E-state index in [1.807, 2.05) is 0 Å². The van der Waals surface area contributed by atoms with Gasteiger partial charge in [-0.2, -0.15) is 0 Å². The van der Waals surface area contributed by atoms with Gasteiger partial charge in [-0.15, -0.1) is 0 Å². The molecule has 1 aliphatic rings. The number of phenols is 1. The molecule has 1 aromatic rings. The Kier molecular flexibility index (Phi) is 3.25. The van der Waals surface area contributed by atoms with E-state index in [1.54, 1.807) is 6.92 Å². The van der Waals surface area contributed by atoms with Crippen LogP contribution in [0.2, 0.25) is 5.02 Å². The van der Waals surface area contributed by atoms with Gasteiger partial charge in [0.1, 0.15) is 11.4 Å². The van der Waals surface area contributed by atoms with Gasteiger partial charge in [-0.3, -0.25) is 9.69 Å². The fourth-order valence-corrected chi connectivity index (χ4v) is 1.84. The monoisotopic (exact) mass is 266 g/mol. The average molecular weight is 267 g/mol. The van der Waals surface area contributed by atoms with Crippen LogP contribution in [0.4, 0.5) is 4.79 Å². The summed E-state index contributed by atoms with van der Waals surface area (Å²) in [7, 11) is 0. The molecule has 2 rings (SSSR count). The molecule has 3 amide bonds. The van der Waals surface area contributed by atoms with Crippen LogP contribution in [-0.2, 0) is 4.79 Å². The first-order valence-electron chi connectivity index (χ1n) is 5.36. The van der Waals surface area contributed by atoms with Crippen LogP contribution in [-0.4, -0.2) is 28.5 Å². The van der Waals surface area contributed by atoms with E-state index in [2.05, 4.69) is 5.32 Å². The molecule has 0 aliphatic carbocycles. The van der Waals surface area contributed by atoms with Gasteiger partial charge in [0.15, 0.2) is 0 Å². The molecule has 94 valence electrons. The van der Waals surface area contributed by atoms with Crippen LogP contribution in [0.15, 0.2) is 23.9 Å². The van der Waals surface area contributed by atoms with Gasteiger partial charge >= 0.3 is 6.03 Å². The van der Waals surface area contributed by atoms with Crippen LogP contribution in [0, 0.1) is 0 Å². The molecule has 18 heavy (non-hydrogen) atoms. The summed E-state index contributed by atoms with van der Waals surface area (Å²) < 4.78 is 0. The molecule has 0 unspecified atom stereocenters. The summed E-state index contributed by atoms with van der Waals surface area (Å²) in [6.07, 6.45) is 1.40.